The average molecular weight is 337 g/mol. The molecule has 0 aliphatic heterocycles. The van der Waals surface area contributed by atoms with Crippen LogP contribution >= 0.6 is 0 Å². The average Bonchev–Trinajstić information content (AvgIpc) is 2.49. The summed E-state index contributed by atoms with van der Waals surface area (Å²) in [4.78, 5) is 0. The highest BCUT2D eigenvalue weighted by atomic mass is 14.7. The van der Waals surface area contributed by atoms with E-state index in [9.17, 15) is 0 Å². The first-order valence-electron chi connectivity index (χ1n) is 10.4. The zero-order valence-electron chi connectivity index (χ0n) is 19.5. The summed E-state index contributed by atoms with van der Waals surface area (Å²) in [6.45, 7) is 35.1. The lowest BCUT2D eigenvalue weighted by molar-refractivity contribution is -0.217. The number of rotatable bonds is 5. The molecule has 4 atom stereocenters. The Morgan fingerprint density at radius 2 is 1.21 bits per heavy atom. The fourth-order valence-electron chi connectivity index (χ4n) is 7.07. The van der Waals surface area contributed by atoms with Crippen LogP contribution < -0.4 is 0 Å². The van der Waals surface area contributed by atoms with E-state index in [1.54, 1.807) is 0 Å². The van der Waals surface area contributed by atoms with Crippen molar-refractivity contribution in [1.82, 2.24) is 0 Å². The molecule has 1 saturated carbocycles. The molecule has 0 aromatic heterocycles. The summed E-state index contributed by atoms with van der Waals surface area (Å²) in [7, 11) is 0. The molecule has 0 amide bonds. The third-order valence-electron chi connectivity index (χ3n) is 10.6. The largest absolute Gasteiger partial charge is 0.0649 e. The van der Waals surface area contributed by atoms with E-state index in [1.165, 1.54) is 6.42 Å². The Kier molecular flexibility index (Phi) is 5.53. The van der Waals surface area contributed by atoms with E-state index < -0.39 is 0 Å². The minimum atomic E-state index is 0.252. The van der Waals surface area contributed by atoms with E-state index in [2.05, 4.69) is 96.9 Å². The highest BCUT2D eigenvalue weighted by molar-refractivity contribution is 5.12. The van der Waals surface area contributed by atoms with Gasteiger partial charge in [0.1, 0.15) is 0 Å². The molecule has 0 heterocycles. The van der Waals surface area contributed by atoms with Crippen molar-refractivity contribution >= 4 is 0 Å². The number of hydrogen-bond donors (Lipinski definition) is 0. The van der Waals surface area contributed by atoms with Crippen molar-refractivity contribution in [3.05, 3.63) is 0 Å². The Labute approximate surface area is 154 Å². The van der Waals surface area contributed by atoms with Gasteiger partial charge in [-0.2, -0.15) is 0 Å². The Hall–Kier alpha value is 0. The summed E-state index contributed by atoms with van der Waals surface area (Å²) in [5.41, 5.74) is 1.54. The predicted octanol–water partition coefficient (Wildman–Crippen LogP) is 8.07. The van der Waals surface area contributed by atoms with E-state index in [0.29, 0.717) is 16.7 Å². The molecule has 144 valence electrons. The first kappa shape index (κ1) is 22.0. The highest BCUT2D eigenvalue weighted by Crippen LogP contribution is 2.71. The topological polar surface area (TPSA) is 0 Å². The van der Waals surface area contributed by atoms with E-state index >= 15 is 0 Å². The molecule has 0 radical (unpaired) electrons. The van der Waals surface area contributed by atoms with Crippen LogP contribution in [0.5, 0.6) is 0 Å². The fraction of sp³-hybridized carbons (Fsp3) is 1.00. The molecule has 24 heavy (non-hydrogen) atoms. The van der Waals surface area contributed by atoms with Gasteiger partial charge in [-0.1, -0.05) is 103 Å². The minimum absolute atomic E-state index is 0.252. The zero-order chi connectivity index (χ0) is 19.5. The van der Waals surface area contributed by atoms with Gasteiger partial charge in [0, 0.05) is 0 Å². The Balaban J connectivity index is 3.48. The Morgan fingerprint density at radius 3 is 1.50 bits per heavy atom. The summed E-state index contributed by atoms with van der Waals surface area (Å²) in [6, 6.07) is 0. The lowest BCUT2D eigenvalue weighted by Crippen LogP contribution is -2.64. The molecule has 1 aliphatic rings. The third kappa shape index (κ3) is 2.52. The van der Waals surface area contributed by atoms with Crippen LogP contribution in [0.3, 0.4) is 0 Å². The third-order valence-corrected chi connectivity index (χ3v) is 10.6. The molecule has 0 saturated heterocycles. The maximum absolute atomic E-state index is 2.59. The summed E-state index contributed by atoms with van der Waals surface area (Å²) >= 11 is 0. The summed E-state index contributed by atoms with van der Waals surface area (Å²) < 4.78 is 0. The van der Waals surface area contributed by atoms with E-state index in [1.807, 2.05) is 0 Å². The van der Waals surface area contributed by atoms with Crippen molar-refractivity contribution in [3.8, 4) is 0 Å². The number of hydrogen-bond acceptors (Lipinski definition) is 0. The van der Waals surface area contributed by atoms with Crippen LogP contribution in [-0.4, -0.2) is 0 Å². The fourth-order valence-corrected chi connectivity index (χ4v) is 7.07. The summed E-state index contributed by atoms with van der Waals surface area (Å²) in [6.07, 6.45) is 1.23. The van der Waals surface area contributed by atoms with E-state index in [-0.39, 0.29) is 16.2 Å². The van der Waals surface area contributed by atoms with Crippen LogP contribution in [0.4, 0.5) is 0 Å². The highest BCUT2D eigenvalue weighted by Gasteiger charge is 2.65. The van der Waals surface area contributed by atoms with Gasteiger partial charge in [0.2, 0.25) is 0 Å². The molecular weight excluding hydrogens is 288 g/mol. The van der Waals surface area contributed by atoms with Crippen LogP contribution in [0.25, 0.3) is 0 Å². The van der Waals surface area contributed by atoms with Gasteiger partial charge in [-0.15, -0.1) is 0 Å². The van der Waals surface area contributed by atoms with Crippen LogP contribution in [-0.2, 0) is 0 Å². The molecular formula is C24H48. The maximum Gasteiger partial charge on any atom is -0.0172 e. The molecule has 0 aromatic carbocycles. The molecule has 0 N–H and O–H groups in total. The van der Waals surface area contributed by atoms with Gasteiger partial charge in [-0.05, 0) is 50.7 Å². The molecule has 0 bridgehead atoms. The quantitative estimate of drug-likeness (QED) is 0.476. The van der Waals surface area contributed by atoms with Gasteiger partial charge in [-0.3, -0.25) is 0 Å². The lowest BCUT2D eigenvalue weighted by atomic mass is 9.35. The first-order valence-corrected chi connectivity index (χ1v) is 10.4. The van der Waals surface area contributed by atoms with Crippen LogP contribution in [0, 0.1) is 50.7 Å². The van der Waals surface area contributed by atoms with Gasteiger partial charge in [0.15, 0.2) is 0 Å². The van der Waals surface area contributed by atoms with Crippen LogP contribution in [0.15, 0.2) is 0 Å². The Bertz CT molecular complexity index is 437. The second-order valence-corrected chi connectivity index (χ2v) is 11.9. The van der Waals surface area contributed by atoms with Crippen molar-refractivity contribution in [2.75, 3.05) is 0 Å². The van der Waals surface area contributed by atoms with Crippen molar-refractivity contribution in [2.24, 2.45) is 50.7 Å². The Morgan fingerprint density at radius 1 is 0.833 bits per heavy atom. The monoisotopic (exact) mass is 336 g/mol. The smallest absolute Gasteiger partial charge is 0.0172 e. The molecule has 1 fully saturated rings. The SMILES string of the molecule is CCC(C)(C)C(C)(C(C)(C)C)C(C)(C)C(C)C1(C)C(C)C(C)C1C. The summed E-state index contributed by atoms with van der Waals surface area (Å²) in [5.74, 6) is 3.18. The minimum Gasteiger partial charge on any atom is -0.0649 e. The van der Waals surface area contributed by atoms with Crippen LogP contribution in [0.2, 0.25) is 0 Å². The van der Waals surface area contributed by atoms with Gasteiger partial charge in [0.05, 0.1) is 0 Å². The van der Waals surface area contributed by atoms with Crippen LogP contribution in [0.1, 0.15) is 103 Å². The van der Waals surface area contributed by atoms with Gasteiger partial charge in [0.25, 0.3) is 0 Å². The lowest BCUT2D eigenvalue weighted by Gasteiger charge is -2.70. The predicted molar refractivity (Wildman–Crippen MR) is 110 cm³/mol. The van der Waals surface area contributed by atoms with Crippen molar-refractivity contribution in [1.29, 1.82) is 0 Å². The van der Waals surface area contributed by atoms with Gasteiger partial charge in [-0.25, -0.2) is 0 Å². The van der Waals surface area contributed by atoms with Crippen molar-refractivity contribution < 1.29 is 0 Å². The summed E-state index contributed by atoms with van der Waals surface area (Å²) in [5, 5.41) is 0. The zero-order valence-corrected chi connectivity index (χ0v) is 19.5. The molecule has 0 spiro atoms. The maximum atomic E-state index is 2.59. The molecule has 1 aliphatic carbocycles. The van der Waals surface area contributed by atoms with Gasteiger partial charge < -0.3 is 0 Å². The second kappa shape index (κ2) is 6.02. The first-order chi connectivity index (χ1) is 10.4. The molecule has 4 unspecified atom stereocenters. The molecule has 0 nitrogen and oxygen atoms in total. The van der Waals surface area contributed by atoms with Gasteiger partial charge >= 0.3 is 0 Å². The molecule has 0 aromatic rings. The van der Waals surface area contributed by atoms with E-state index in [4.69, 9.17) is 0 Å². The molecule has 0 heteroatoms. The molecule has 1 rings (SSSR count). The normalized spacial score (nSPS) is 36.0. The van der Waals surface area contributed by atoms with E-state index in [0.717, 1.165) is 17.8 Å². The second-order valence-electron chi connectivity index (χ2n) is 11.9. The van der Waals surface area contributed by atoms with Crippen molar-refractivity contribution in [2.45, 2.75) is 103 Å². The van der Waals surface area contributed by atoms with Crippen molar-refractivity contribution in [3.63, 3.8) is 0 Å². The standard InChI is InChI=1S/C24H48/c1-15-21(9,10)24(14,20(6,7)8)22(11,12)19(5)23(13)17(3)16(2)18(23)4/h16-19H,15H2,1-14H3.